The zero-order chi connectivity index (χ0) is 9.56. The number of carbonyl (C=O) groups is 1. The number of aliphatic carboxylic acids is 1. The van der Waals surface area contributed by atoms with Crippen molar-refractivity contribution in [1.82, 2.24) is 0 Å². The summed E-state index contributed by atoms with van der Waals surface area (Å²) in [6.07, 6.45) is 2.90. The summed E-state index contributed by atoms with van der Waals surface area (Å²) in [4.78, 5) is 10.7. The first-order chi connectivity index (χ1) is 5.67. The summed E-state index contributed by atoms with van der Waals surface area (Å²) in [5.74, 6) is -0.856. The Hall–Kier alpha value is -0.570. The van der Waals surface area contributed by atoms with Crippen LogP contribution < -0.4 is 5.73 Å². The molecule has 3 nitrogen and oxygen atoms in total. The van der Waals surface area contributed by atoms with Gasteiger partial charge in [0.05, 0.1) is 5.92 Å². The Balaban J connectivity index is 4.12. The number of hydrogen-bond donors (Lipinski definition) is 2. The van der Waals surface area contributed by atoms with Gasteiger partial charge in [-0.3, -0.25) is 4.79 Å². The highest BCUT2D eigenvalue weighted by atomic mass is 16.4. The normalized spacial score (nSPS) is 15.6. The van der Waals surface area contributed by atoms with Crippen molar-refractivity contribution in [2.75, 3.05) is 6.54 Å². The quantitative estimate of drug-likeness (QED) is 0.639. The Kier molecular flexibility index (Phi) is 5.72. The summed E-state index contributed by atoms with van der Waals surface area (Å²) in [7, 11) is 0. The van der Waals surface area contributed by atoms with E-state index in [9.17, 15) is 4.79 Å². The molecule has 0 amide bonds. The van der Waals surface area contributed by atoms with Crippen molar-refractivity contribution < 1.29 is 9.90 Å². The number of rotatable bonds is 6. The molecule has 0 heterocycles. The second kappa shape index (κ2) is 6.00. The fourth-order valence-electron chi connectivity index (χ4n) is 1.56. The first kappa shape index (κ1) is 11.4. The number of hydrogen-bond acceptors (Lipinski definition) is 2. The smallest absolute Gasteiger partial charge is 0.308 e. The molecule has 0 fully saturated rings. The molecule has 0 aromatic rings. The standard InChI is InChI=1S/C9H19NO2/c1-3-5-7(4-2)8(6-10)9(11)12/h7-8H,3-6,10H2,1-2H3,(H,11,12). The second-order valence-electron chi connectivity index (χ2n) is 3.14. The Morgan fingerprint density at radius 3 is 2.33 bits per heavy atom. The number of carboxylic acid groups (broad SMARTS) is 1. The summed E-state index contributed by atoms with van der Waals surface area (Å²) in [6.45, 7) is 4.35. The van der Waals surface area contributed by atoms with E-state index in [2.05, 4.69) is 6.92 Å². The summed E-state index contributed by atoms with van der Waals surface area (Å²) in [5, 5.41) is 8.82. The van der Waals surface area contributed by atoms with Gasteiger partial charge in [-0.2, -0.15) is 0 Å². The monoisotopic (exact) mass is 173 g/mol. The maximum Gasteiger partial charge on any atom is 0.308 e. The van der Waals surface area contributed by atoms with Gasteiger partial charge in [0.1, 0.15) is 0 Å². The molecule has 0 aliphatic carbocycles. The Morgan fingerprint density at radius 1 is 1.50 bits per heavy atom. The largest absolute Gasteiger partial charge is 0.481 e. The fourth-order valence-corrected chi connectivity index (χ4v) is 1.56. The van der Waals surface area contributed by atoms with E-state index in [-0.39, 0.29) is 18.4 Å². The lowest BCUT2D eigenvalue weighted by Crippen LogP contribution is -2.30. The van der Waals surface area contributed by atoms with Crippen LogP contribution in [0.2, 0.25) is 0 Å². The average Bonchev–Trinajstić information content (AvgIpc) is 2.03. The Bertz CT molecular complexity index is 136. The summed E-state index contributed by atoms with van der Waals surface area (Å²) in [6, 6.07) is 0. The van der Waals surface area contributed by atoms with Gasteiger partial charge >= 0.3 is 5.97 Å². The van der Waals surface area contributed by atoms with Gasteiger partial charge < -0.3 is 10.8 Å². The van der Waals surface area contributed by atoms with Gasteiger partial charge in [0, 0.05) is 6.54 Å². The zero-order valence-electron chi connectivity index (χ0n) is 7.92. The third kappa shape index (κ3) is 3.22. The topological polar surface area (TPSA) is 63.3 Å². The van der Waals surface area contributed by atoms with E-state index in [1.807, 2.05) is 6.92 Å². The summed E-state index contributed by atoms with van der Waals surface area (Å²) < 4.78 is 0. The van der Waals surface area contributed by atoms with E-state index >= 15 is 0 Å². The predicted molar refractivity (Wildman–Crippen MR) is 48.9 cm³/mol. The second-order valence-corrected chi connectivity index (χ2v) is 3.14. The van der Waals surface area contributed by atoms with Gasteiger partial charge in [-0.25, -0.2) is 0 Å². The van der Waals surface area contributed by atoms with Crippen LogP contribution in [0.1, 0.15) is 33.1 Å². The van der Waals surface area contributed by atoms with E-state index in [4.69, 9.17) is 10.8 Å². The first-order valence-electron chi connectivity index (χ1n) is 4.60. The molecule has 0 bridgehead atoms. The lowest BCUT2D eigenvalue weighted by molar-refractivity contribution is -0.143. The van der Waals surface area contributed by atoms with Crippen molar-refractivity contribution >= 4 is 5.97 Å². The highest BCUT2D eigenvalue weighted by molar-refractivity contribution is 5.70. The number of nitrogens with two attached hydrogens (primary N) is 1. The SMILES string of the molecule is CCCC(CC)C(CN)C(=O)O. The number of carboxylic acids is 1. The third-order valence-electron chi connectivity index (χ3n) is 2.32. The minimum Gasteiger partial charge on any atom is -0.481 e. The summed E-state index contributed by atoms with van der Waals surface area (Å²) in [5.41, 5.74) is 5.40. The zero-order valence-corrected chi connectivity index (χ0v) is 7.92. The maximum atomic E-state index is 10.7. The van der Waals surface area contributed by atoms with Gasteiger partial charge in [0.25, 0.3) is 0 Å². The molecular weight excluding hydrogens is 154 g/mol. The van der Waals surface area contributed by atoms with E-state index in [0.717, 1.165) is 19.3 Å². The van der Waals surface area contributed by atoms with Crippen LogP contribution in [0, 0.1) is 11.8 Å². The maximum absolute atomic E-state index is 10.7. The van der Waals surface area contributed by atoms with Crippen molar-refractivity contribution in [3.8, 4) is 0 Å². The van der Waals surface area contributed by atoms with Crippen LogP contribution in [-0.2, 0) is 4.79 Å². The average molecular weight is 173 g/mol. The molecule has 2 unspecified atom stereocenters. The molecule has 3 heteroatoms. The highest BCUT2D eigenvalue weighted by Crippen LogP contribution is 2.20. The van der Waals surface area contributed by atoms with Crippen molar-refractivity contribution in [3.63, 3.8) is 0 Å². The molecule has 0 aromatic heterocycles. The minimum absolute atomic E-state index is 0.248. The van der Waals surface area contributed by atoms with Crippen LogP contribution in [0.3, 0.4) is 0 Å². The first-order valence-corrected chi connectivity index (χ1v) is 4.60. The molecule has 0 radical (unpaired) electrons. The highest BCUT2D eigenvalue weighted by Gasteiger charge is 2.24. The predicted octanol–water partition coefficient (Wildman–Crippen LogP) is 1.47. The third-order valence-corrected chi connectivity index (χ3v) is 2.32. The molecular formula is C9H19NO2. The fraction of sp³-hybridized carbons (Fsp3) is 0.889. The van der Waals surface area contributed by atoms with E-state index in [1.165, 1.54) is 0 Å². The van der Waals surface area contributed by atoms with Crippen LogP contribution in [-0.4, -0.2) is 17.6 Å². The Labute approximate surface area is 74.0 Å². The van der Waals surface area contributed by atoms with Gasteiger partial charge in [0.15, 0.2) is 0 Å². The molecule has 0 aliphatic heterocycles. The molecule has 0 saturated heterocycles. The lowest BCUT2D eigenvalue weighted by Gasteiger charge is -2.20. The molecule has 0 aliphatic rings. The van der Waals surface area contributed by atoms with Gasteiger partial charge in [0.2, 0.25) is 0 Å². The molecule has 0 rings (SSSR count). The minimum atomic E-state index is -0.752. The lowest BCUT2D eigenvalue weighted by atomic mass is 9.86. The van der Waals surface area contributed by atoms with Crippen molar-refractivity contribution in [3.05, 3.63) is 0 Å². The van der Waals surface area contributed by atoms with Crippen LogP contribution in [0.5, 0.6) is 0 Å². The van der Waals surface area contributed by atoms with Gasteiger partial charge in [-0.05, 0) is 12.3 Å². The van der Waals surface area contributed by atoms with Crippen molar-refractivity contribution in [1.29, 1.82) is 0 Å². The van der Waals surface area contributed by atoms with Gasteiger partial charge in [-0.1, -0.05) is 26.7 Å². The molecule has 12 heavy (non-hydrogen) atoms. The molecule has 0 saturated carbocycles. The van der Waals surface area contributed by atoms with Crippen molar-refractivity contribution in [2.24, 2.45) is 17.6 Å². The molecule has 0 spiro atoms. The van der Waals surface area contributed by atoms with Crippen LogP contribution in [0.15, 0.2) is 0 Å². The Morgan fingerprint density at radius 2 is 2.08 bits per heavy atom. The van der Waals surface area contributed by atoms with Crippen LogP contribution in [0.25, 0.3) is 0 Å². The molecule has 2 atom stereocenters. The molecule has 72 valence electrons. The van der Waals surface area contributed by atoms with E-state index in [1.54, 1.807) is 0 Å². The van der Waals surface area contributed by atoms with Gasteiger partial charge in [-0.15, -0.1) is 0 Å². The van der Waals surface area contributed by atoms with Crippen LogP contribution in [0.4, 0.5) is 0 Å². The van der Waals surface area contributed by atoms with Crippen molar-refractivity contribution in [2.45, 2.75) is 33.1 Å². The molecule has 3 N–H and O–H groups in total. The van der Waals surface area contributed by atoms with Crippen LogP contribution >= 0.6 is 0 Å². The summed E-state index contributed by atoms with van der Waals surface area (Å²) >= 11 is 0. The van der Waals surface area contributed by atoms with E-state index in [0.29, 0.717) is 0 Å². The molecule has 0 aromatic carbocycles. The van der Waals surface area contributed by atoms with E-state index < -0.39 is 5.97 Å².